The molecule has 11 aromatic rings. The number of fused-ring (bicyclic) bond motifs is 11. The van der Waals surface area contributed by atoms with Crippen LogP contribution >= 0.6 is 0 Å². The van der Waals surface area contributed by atoms with E-state index in [1.807, 2.05) is 0 Å². The third-order valence-electron chi connectivity index (χ3n) is 10.7. The molecule has 0 N–H and O–H groups in total. The van der Waals surface area contributed by atoms with Gasteiger partial charge in [0.05, 0.1) is 22.1 Å². The number of nitrogens with zero attached hydrogens (tertiary/aromatic N) is 3. The van der Waals surface area contributed by atoms with Gasteiger partial charge in [0, 0.05) is 33.1 Å². The molecule has 3 heteroatoms. The lowest BCUT2D eigenvalue weighted by atomic mass is 9.89. The molecule has 9 aromatic carbocycles. The number of para-hydroxylation sites is 4. The number of hydrogen-bond donors (Lipinski definition) is 0. The van der Waals surface area contributed by atoms with E-state index in [1.165, 1.54) is 65.3 Å². The molecule has 0 bridgehead atoms. The van der Waals surface area contributed by atoms with Crippen LogP contribution in [0.1, 0.15) is 0 Å². The van der Waals surface area contributed by atoms with E-state index in [0.29, 0.717) is 0 Å². The quantitative estimate of drug-likeness (QED) is 0.172. The highest BCUT2D eigenvalue weighted by Crippen LogP contribution is 2.46. The van der Waals surface area contributed by atoms with Gasteiger partial charge in [-0.1, -0.05) is 140 Å². The fourth-order valence-corrected chi connectivity index (χ4v) is 8.47. The first kappa shape index (κ1) is 28.8. The van der Waals surface area contributed by atoms with Crippen molar-refractivity contribution in [3.05, 3.63) is 188 Å². The van der Waals surface area contributed by atoms with Gasteiger partial charge in [0.15, 0.2) is 0 Å². The average molecular weight is 662 g/mol. The normalized spacial score (nSPS) is 11.8. The SMILES string of the molecule is c1ccc(-c2nc3ccccc3n2-c2ccc(-c3cc4c5ccccc5c5c6ccccc6n(-c6ccccc6)c5c4c4ccccc34)cc2)cc1. The highest BCUT2D eigenvalue weighted by molar-refractivity contribution is 6.37. The zero-order chi connectivity index (χ0) is 34.2. The van der Waals surface area contributed by atoms with Gasteiger partial charge >= 0.3 is 0 Å². The van der Waals surface area contributed by atoms with Crippen LogP contribution in [-0.4, -0.2) is 14.1 Å². The molecule has 0 aliphatic rings. The lowest BCUT2D eigenvalue weighted by Crippen LogP contribution is -1.98. The smallest absolute Gasteiger partial charge is 0.145 e. The van der Waals surface area contributed by atoms with E-state index >= 15 is 0 Å². The first-order valence-electron chi connectivity index (χ1n) is 17.8. The third-order valence-corrected chi connectivity index (χ3v) is 10.7. The Balaban J connectivity index is 1.20. The van der Waals surface area contributed by atoms with Crippen LogP contribution in [0, 0.1) is 0 Å². The topological polar surface area (TPSA) is 22.8 Å². The number of hydrogen-bond acceptors (Lipinski definition) is 1. The molecule has 0 radical (unpaired) electrons. The Morgan fingerprint density at radius 1 is 0.346 bits per heavy atom. The molecule has 0 amide bonds. The Morgan fingerprint density at radius 3 is 1.63 bits per heavy atom. The second-order valence-electron chi connectivity index (χ2n) is 13.5. The van der Waals surface area contributed by atoms with Gasteiger partial charge in [0.2, 0.25) is 0 Å². The van der Waals surface area contributed by atoms with Crippen molar-refractivity contribution in [3.8, 4) is 33.9 Å². The molecule has 3 nitrogen and oxygen atoms in total. The second kappa shape index (κ2) is 11.3. The minimum atomic E-state index is 0.940. The molecule has 0 atom stereocenters. The minimum Gasteiger partial charge on any atom is -0.309 e. The van der Waals surface area contributed by atoms with Crippen molar-refractivity contribution in [1.82, 2.24) is 14.1 Å². The fraction of sp³-hybridized carbons (Fsp3) is 0. The van der Waals surface area contributed by atoms with E-state index in [9.17, 15) is 0 Å². The summed E-state index contributed by atoms with van der Waals surface area (Å²) >= 11 is 0. The molecule has 0 spiro atoms. The maximum atomic E-state index is 5.07. The van der Waals surface area contributed by atoms with Gasteiger partial charge in [-0.3, -0.25) is 4.57 Å². The largest absolute Gasteiger partial charge is 0.309 e. The van der Waals surface area contributed by atoms with Gasteiger partial charge in [-0.2, -0.15) is 0 Å². The molecule has 52 heavy (non-hydrogen) atoms. The molecule has 11 rings (SSSR count). The lowest BCUT2D eigenvalue weighted by molar-refractivity contribution is 1.10. The van der Waals surface area contributed by atoms with E-state index in [-0.39, 0.29) is 0 Å². The molecule has 0 fully saturated rings. The van der Waals surface area contributed by atoms with Crippen molar-refractivity contribution in [3.63, 3.8) is 0 Å². The number of aromatic nitrogens is 3. The molecule has 0 aliphatic heterocycles. The summed E-state index contributed by atoms with van der Waals surface area (Å²) in [5, 5.41) is 10.1. The number of rotatable bonds is 4. The summed E-state index contributed by atoms with van der Waals surface area (Å²) < 4.78 is 4.75. The Labute approximate surface area is 300 Å². The Morgan fingerprint density at radius 2 is 0.885 bits per heavy atom. The molecule has 0 unspecified atom stereocenters. The van der Waals surface area contributed by atoms with Crippen LogP contribution in [0.15, 0.2) is 188 Å². The molecule has 0 saturated heterocycles. The van der Waals surface area contributed by atoms with Gasteiger partial charge in [0.25, 0.3) is 0 Å². The van der Waals surface area contributed by atoms with E-state index in [0.717, 1.165) is 33.8 Å². The van der Waals surface area contributed by atoms with E-state index in [1.54, 1.807) is 0 Å². The van der Waals surface area contributed by atoms with Crippen LogP contribution in [0.2, 0.25) is 0 Å². The molecule has 2 aromatic heterocycles. The Bertz CT molecular complexity index is 3150. The van der Waals surface area contributed by atoms with Crippen molar-refractivity contribution in [1.29, 1.82) is 0 Å². The summed E-state index contributed by atoms with van der Waals surface area (Å²) in [7, 11) is 0. The average Bonchev–Trinajstić information content (AvgIpc) is 3.78. The molecule has 2 heterocycles. The Hall–Kier alpha value is -6.97. The van der Waals surface area contributed by atoms with Crippen LogP contribution in [0.25, 0.3) is 99.0 Å². The monoisotopic (exact) mass is 661 g/mol. The van der Waals surface area contributed by atoms with Gasteiger partial charge in [-0.25, -0.2) is 4.98 Å². The maximum absolute atomic E-state index is 5.07. The van der Waals surface area contributed by atoms with Crippen molar-refractivity contribution in [2.45, 2.75) is 0 Å². The molecule has 0 aliphatic carbocycles. The minimum absolute atomic E-state index is 0.940. The highest BCUT2D eigenvalue weighted by Gasteiger charge is 2.22. The first-order valence-corrected chi connectivity index (χ1v) is 17.8. The molecule has 242 valence electrons. The maximum Gasteiger partial charge on any atom is 0.145 e. The van der Waals surface area contributed by atoms with Crippen LogP contribution in [0.3, 0.4) is 0 Å². The first-order chi connectivity index (χ1) is 25.8. The summed E-state index contributed by atoms with van der Waals surface area (Å²) in [6, 6.07) is 67.8. The third kappa shape index (κ3) is 4.17. The van der Waals surface area contributed by atoms with Gasteiger partial charge < -0.3 is 4.57 Å². The van der Waals surface area contributed by atoms with Crippen molar-refractivity contribution < 1.29 is 0 Å². The van der Waals surface area contributed by atoms with Gasteiger partial charge in [0.1, 0.15) is 5.82 Å². The predicted octanol–water partition coefficient (Wildman–Crippen LogP) is 12.9. The summed E-state index contributed by atoms with van der Waals surface area (Å²) in [6.07, 6.45) is 0. The lowest BCUT2D eigenvalue weighted by Gasteiger charge is -2.17. The summed E-state index contributed by atoms with van der Waals surface area (Å²) in [5.74, 6) is 0.940. The van der Waals surface area contributed by atoms with Crippen LogP contribution in [0.5, 0.6) is 0 Å². The standard InChI is InChI=1S/C49H31N3/c1-3-15-33(16-4-1)49-50-43-24-12-14-26-45(43)52(49)35-29-27-32(28-30-35)41-31-42-37-20-8-10-22-39(37)46-40-23-11-13-25-44(40)51(34-17-5-2-6-18-34)48(46)47(42)38-21-9-7-19-36(38)41/h1-31H. The van der Waals surface area contributed by atoms with Crippen molar-refractivity contribution in [2.24, 2.45) is 0 Å². The van der Waals surface area contributed by atoms with Crippen LogP contribution in [0.4, 0.5) is 0 Å². The number of benzene rings is 9. The van der Waals surface area contributed by atoms with Crippen LogP contribution < -0.4 is 0 Å². The van der Waals surface area contributed by atoms with Gasteiger partial charge in [-0.05, 0) is 86.6 Å². The van der Waals surface area contributed by atoms with Crippen molar-refractivity contribution >= 4 is 65.2 Å². The fourth-order valence-electron chi connectivity index (χ4n) is 8.47. The summed E-state index contributed by atoms with van der Waals surface area (Å²) in [6.45, 7) is 0. The molecule has 0 saturated carbocycles. The summed E-state index contributed by atoms with van der Waals surface area (Å²) in [5.41, 5.74) is 10.3. The molecular formula is C49H31N3. The van der Waals surface area contributed by atoms with Gasteiger partial charge in [-0.15, -0.1) is 0 Å². The summed E-state index contributed by atoms with van der Waals surface area (Å²) in [4.78, 5) is 5.07. The Kier molecular flexibility index (Phi) is 6.25. The molecular weight excluding hydrogens is 631 g/mol. The second-order valence-corrected chi connectivity index (χ2v) is 13.5. The zero-order valence-electron chi connectivity index (χ0n) is 28.2. The van der Waals surface area contributed by atoms with E-state index in [2.05, 4.69) is 197 Å². The van der Waals surface area contributed by atoms with Crippen LogP contribution in [-0.2, 0) is 0 Å². The number of imidazole rings is 1. The van der Waals surface area contributed by atoms with E-state index in [4.69, 9.17) is 4.98 Å². The van der Waals surface area contributed by atoms with Crippen molar-refractivity contribution in [2.75, 3.05) is 0 Å². The highest BCUT2D eigenvalue weighted by atomic mass is 15.1. The zero-order valence-corrected chi connectivity index (χ0v) is 28.2. The predicted molar refractivity (Wildman–Crippen MR) is 219 cm³/mol. The van der Waals surface area contributed by atoms with E-state index < -0.39 is 0 Å².